The van der Waals surface area contributed by atoms with E-state index in [1.807, 2.05) is 36.4 Å². The van der Waals surface area contributed by atoms with E-state index in [4.69, 9.17) is 4.74 Å². The Bertz CT molecular complexity index is 940. The molecule has 7 nitrogen and oxygen atoms in total. The lowest BCUT2D eigenvalue weighted by Crippen LogP contribution is -2.37. The summed E-state index contributed by atoms with van der Waals surface area (Å²) in [4.78, 5) is 26.4. The normalized spacial score (nSPS) is 11.0. The lowest BCUT2D eigenvalue weighted by Gasteiger charge is -2.21. The van der Waals surface area contributed by atoms with Gasteiger partial charge in [-0.3, -0.25) is 14.5 Å². The molecule has 134 valence electrons. The summed E-state index contributed by atoms with van der Waals surface area (Å²) in [5.41, 5.74) is 1.34. The number of rotatable bonds is 7. The lowest BCUT2D eigenvalue weighted by molar-refractivity contribution is -0.145. The van der Waals surface area contributed by atoms with Gasteiger partial charge in [0.2, 0.25) is 0 Å². The van der Waals surface area contributed by atoms with Gasteiger partial charge >= 0.3 is 5.97 Å². The van der Waals surface area contributed by atoms with Crippen molar-refractivity contribution in [3.63, 3.8) is 0 Å². The van der Waals surface area contributed by atoms with Crippen molar-refractivity contribution in [3.05, 3.63) is 70.5 Å². The highest BCUT2D eigenvalue weighted by Crippen LogP contribution is 2.07. The van der Waals surface area contributed by atoms with Crippen molar-refractivity contribution in [2.75, 3.05) is 13.2 Å². The van der Waals surface area contributed by atoms with Gasteiger partial charge in [0.05, 0.1) is 25.2 Å². The number of fused-ring (bicyclic) bond motifs is 1. The van der Waals surface area contributed by atoms with Crippen molar-refractivity contribution in [1.82, 2.24) is 19.9 Å². The van der Waals surface area contributed by atoms with Gasteiger partial charge in [-0.25, -0.2) is 0 Å². The molecule has 0 saturated heterocycles. The second kappa shape index (κ2) is 8.35. The number of aromatic nitrogens is 3. The molecule has 0 aliphatic rings. The van der Waals surface area contributed by atoms with E-state index < -0.39 is 0 Å². The molecule has 0 N–H and O–H groups in total. The third-order valence-corrected chi connectivity index (χ3v) is 3.87. The van der Waals surface area contributed by atoms with Gasteiger partial charge in [-0.2, -0.15) is 4.68 Å². The summed E-state index contributed by atoms with van der Waals surface area (Å²) >= 11 is 0. The molecular weight excluding hydrogens is 332 g/mol. The SMILES string of the molecule is CCOC(=O)CN(Cc1ccccc1)Cn1nnc2ccccc2c1=O. The van der Waals surface area contributed by atoms with Gasteiger partial charge in [-0.05, 0) is 24.6 Å². The first-order chi connectivity index (χ1) is 12.7. The Hall–Kier alpha value is -3.06. The molecule has 0 saturated carbocycles. The Morgan fingerprint density at radius 2 is 1.85 bits per heavy atom. The number of carbonyl (C=O) groups is 1. The molecule has 0 unspecified atom stereocenters. The van der Waals surface area contributed by atoms with Crippen molar-refractivity contribution in [3.8, 4) is 0 Å². The van der Waals surface area contributed by atoms with Crippen molar-refractivity contribution >= 4 is 16.9 Å². The van der Waals surface area contributed by atoms with E-state index in [1.165, 1.54) is 4.68 Å². The molecule has 7 heteroatoms. The van der Waals surface area contributed by atoms with Crippen molar-refractivity contribution in [2.45, 2.75) is 20.1 Å². The minimum atomic E-state index is -0.342. The fourth-order valence-corrected chi connectivity index (χ4v) is 2.69. The maximum Gasteiger partial charge on any atom is 0.320 e. The predicted octanol–water partition coefficient (Wildman–Crippen LogP) is 1.81. The summed E-state index contributed by atoms with van der Waals surface area (Å²) in [6, 6.07) is 16.8. The molecule has 0 amide bonds. The Labute approximate surface area is 150 Å². The monoisotopic (exact) mass is 352 g/mol. The maximum atomic E-state index is 12.6. The minimum absolute atomic E-state index is 0.0592. The Morgan fingerprint density at radius 1 is 1.12 bits per heavy atom. The molecule has 1 aromatic heterocycles. The number of carbonyl (C=O) groups excluding carboxylic acids is 1. The van der Waals surface area contributed by atoms with Crippen LogP contribution < -0.4 is 5.56 Å². The number of hydrogen-bond donors (Lipinski definition) is 0. The van der Waals surface area contributed by atoms with Crippen molar-refractivity contribution < 1.29 is 9.53 Å². The summed E-state index contributed by atoms with van der Waals surface area (Å²) in [6.45, 7) is 2.77. The van der Waals surface area contributed by atoms with Crippen molar-refractivity contribution in [2.24, 2.45) is 0 Å². The number of benzene rings is 2. The summed E-state index contributed by atoms with van der Waals surface area (Å²) < 4.78 is 6.31. The van der Waals surface area contributed by atoms with E-state index in [2.05, 4.69) is 10.3 Å². The molecule has 1 heterocycles. The van der Waals surface area contributed by atoms with Crippen LogP contribution in [-0.2, 0) is 22.7 Å². The maximum absolute atomic E-state index is 12.6. The van der Waals surface area contributed by atoms with Crippen LogP contribution in [-0.4, -0.2) is 39.0 Å². The number of nitrogens with zero attached hydrogens (tertiary/aromatic N) is 4. The molecule has 0 bridgehead atoms. The van der Waals surface area contributed by atoms with Crippen LogP contribution >= 0.6 is 0 Å². The summed E-state index contributed by atoms with van der Waals surface area (Å²) in [6.07, 6.45) is 0. The van der Waals surface area contributed by atoms with E-state index in [0.717, 1.165) is 5.56 Å². The van der Waals surface area contributed by atoms with E-state index in [9.17, 15) is 9.59 Å². The fourth-order valence-electron chi connectivity index (χ4n) is 2.69. The quantitative estimate of drug-likeness (QED) is 0.604. The van der Waals surface area contributed by atoms with Crippen molar-refractivity contribution in [1.29, 1.82) is 0 Å². The molecule has 26 heavy (non-hydrogen) atoms. The van der Waals surface area contributed by atoms with Crippen LogP contribution in [0, 0.1) is 0 Å². The summed E-state index contributed by atoms with van der Waals surface area (Å²) in [7, 11) is 0. The van der Waals surface area contributed by atoms with Crippen LogP contribution in [0.5, 0.6) is 0 Å². The predicted molar refractivity (Wildman–Crippen MR) is 97.3 cm³/mol. The second-order valence-electron chi connectivity index (χ2n) is 5.83. The highest BCUT2D eigenvalue weighted by atomic mass is 16.5. The third kappa shape index (κ3) is 4.31. The zero-order chi connectivity index (χ0) is 18.4. The van der Waals surface area contributed by atoms with Gasteiger partial charge in [0.25, 0.3) is 5.56 Å². The van der Waals surface area contributed by atoms with Gasteiger partial charge in [0.1, 0.15) is 5.52 Å². The van der Waals surface area contributed by atoms with Crippen LogP contribution in [0.2, 0.25) is 0 Å². The van der Waals surface area contributed by atoms with Crippen LogP contribution in [0.1, 0.15) is 12.5 Å². The van der Waals surface area contributed by atoms with Gasteiger partial charge in [-0.1, -0.05) is 47.7 Å². The zero-order valence-electron chi connectivity index (χ0n) is 14.5. The summed E-state index contributed by atoms with van der Waals surface area (Å²) in [5, 5.41) is 8.59. The largest absolute Gasteiger partial charge is 0.465 e. The lowest BCUT2D eigenvalue weighted by atomic mass is 10.2. The first-order valence-corrected chi connectivity index (χ1v) is 8.42. The molecule has 0 atom stereocenters. The van der Waals surface area contributed by atoms with Crippen LogP contribution in [0.15, 0.2) is 59.4 Å². The Kier molecular flexibility index (Phi) is 5.70. The molecule has 0 radical (unpaired) electrons. The van der Waals surface area contributed by atoms with Crippen LogP contribution in [0.3, 0.4) is 0 Å². The Balaban J connectivity index is 1.86. The average molecular weight is 352 g/mol. The number of esters is 1. The number of hydrogen-bond acceptors (Lipinski definition) is 6. The minimum Gasteiger partial charge on any atom is -0.465 e. The Morgan fingerprint density at radius 3 is 2.62 bits per heavy atom. The fraction of sp³-hybridized carbons (Fsp3) is 0.263. The van der Waals surface area contributed by atoms with Gasteiger partial charge in [0.15, 0.2) is 0 Å². The zero-order valence-corrected chi connectivity index (χ0v) is 14.5. The van der Waals surface area contributed by atoms with Gasteiger partial charge in [0, 0.05) is 6.54 Å². The first kappa shape index (κ1) is 17.8. The van der Waals surface area contributed by atoms with Crippen LogP contribution in [0.25, 0.3) is 10.9 Å². The van der Waals surface area contributed by atoms with E-state index in [0.29, 0.717) is 24.1 Å². The van der Waals surface area contributed by atoms with Gasteiger partial charge in [-0.15, -0.1) is 5.10 Å². The standard InChI is InChI=1S/C19H20N4O3/c1-2-26-18(24)13-22(12-15-8-4-3-5-9-15)14-23-19(25)16-10-6-7-11-17(16)20-21-23/h3-11H,2,12-14H2,1H3. The smallest absolute Gasteiger partial charge is 0.320 e. The van der Waals surface area contributed by atoms with Gasteiger partial charge < -0.3 is 4.74 Å². The van der Waals surface area contributed by atoms with E-state index in [-0.39, 0.29) is 24.7 Å². The van der Waals surface area contributed by atoms with Crippen LogP contribution in [0.4, 0.5) is 0 Å². The topological polar surface area (TPSA) is 77.3 Å². The molecule has 0 aliphatic carbocycles. The molecule has 3 aromatic rings. The molecule has 3 rings (SSSR count). The highest BCUT2D eigenvalue weighted by Gasteiger charge is 2.15. The molecular formula is C19H20N4O3. The van der Waals surface area contributed by atoms with E-state index >= 15 is 0 Å². The molecule has 0 fully saturated rings. The molecule has 2 aromatic carbocycles. The van der Waals surface area contributed by atoms with E-state index in [1.54, 1.807) is 30.0 Å². The number of ether oxygens (including phenoxy) is 1. The highest BCUT2D eigenvalue weighted by molar-refractivity contribution is 5.76. The molecule has 0 spiro atoms. The first-order valence-electron chi connectivity index (χ1n) is 8.42. The average Bonchev–Trinajstić information content (AvgIpc) is 2.65. The second-order valence-corrected chi connectivity index (χ2v) is 5.83. The third-order valence-electron chi connectivity index (χ3n) is 3.87. The molecule has 0 aliphatic heterocycles. The summed E-state index contributed by atoms with van der Waals surface area (Å²) in [5.74, 6) is -0.342.